The molecular formula is C17H32O. The Hall–Kier alpha value is -0.0400. The quantitative estimate of drug-likeness (QED) is 0.657. The second kappa shape index (κ2) is 4.81. The van der Waals surface area contributed by atoms with E-state index in [1.807, 2.05) is 0 Å². The van der Waals surface area contributed by atoms with Gasteiger partial charge < -0.3 is 4.74 Å². The summed E-state index contributed by atoms with van der Waals surface area (Å²) in [6.07, 6.45) is 10.3. The average molecular weight is 252 g/mol. The molecule has 2 aliphatic carbocycles. The first kappa shape index (κ1) is 14.4. The first-order valence-electron chi connectivity index (χ1n) is 7.97. The van der Waals surface area contributed by atoms with Crippen LogP contribution in [0.5, 0.6) is 0 Å². The molecule has 2 rings (SSSR count). The molecule has 1 unspecified atom stereocenters. The largest absolute Gasteiger partial charge is 0.377 e. The summed E-state index contributed by atoms with van der Waals surface area (Å²) in [4.78, 5) is 0. The highest BCUT2D eigenvalue weighted by Gasteiger charge is 2.57. The summed E-state index contributed by atoms with van der Waals surface area (Å²) < 4.78 is 6.24. The molecule has 2 fully saturated rings. The molecule has 0 heterocycles. The molecule has 0 aromatic heterocycles. The van der Waals surface area contributed by atoms with Crippen LogP contribution < -0.4 is 0 Å². The number of hydrogen-bond donors (Lipinski definition) is 0. The zero-order chi connectivity index (χ0) is 13.4. The van der Waals surface area contributed by atoms with Crippen molar-refractivity contribution in [2.75, 3.05) is 6.61 Å². The molecule has 0 aromatic rings. The monoisotopic (exact) mass is 252 g/mol. The zero-order valence-corrected chi connectivity index (χ0v) is 13.1. The fourth-order valence-corrected chi connectivity index (χ4v) is 4.99. The van der Waals surface area contributed by atoms with E-state index < -0.39 is 0 Å². The van der Waals surface area contributed by atoms with E-state index in [-0.39, 0.29) is 0 Å². The van der Waals surface area contributed by atoms with Gasteiger partial charge in [-0.15, -0.1) is 0 Å². The smallest absolute Gasteiger partial charge is 0.0681 e. The summed E-state index contributed by atoms with van der Waals surface area (Å²) in [5.74, 6) is 0. The van der Waals surface area contributed by atoms with Gasteiger partial charge in [-0.25, -0.2) is 0 Å². The van der Waals surface area contributed by atoms with Gasteiger partial charge in [-0.05, 0) is 48.9 Å². The summed E-state index contributed by atoms with van der Waals surface area (Å²) in [7, 11) is 0. The summed E-state index contributed by atoms with van der Waals surface area (Å²) >= 11 is 0. The van der Waals surface area contributed by atoms with Gasteiger partial charge in [0.25, 0.3) is 0 Å². The lowest BCUT2D eigenvalue weighted by molar-refractivity contribution is -0.188. The van der Waals surface area contributed by atoms with Crippen LogP contribution >= 0.6 is 0 Å². The Kier molecular flexibility index (Phi) is 3.84. The van der Waals surface area contributed by atoms with Crippen LogP contribution in [0.1, 0.15) is 79.6 Å². The molecular weight excluding hydrogens is 220 g/mol. The molecule has 2 aliphatic rings. The predicted molar refractivity (Wildman–Crippen MR) is 77.7 cm³/mol. The highest BCUT2D eigenvalue weighted by molar-refractivity contribution is 5.07. The van der Waals surface area contributed by atoms with Crippen molar-refractivity contribution in [2.24, 2.45) is 16.2 Å². The number of hydrogen-bond acceptors (Lipinski definition) is 1. The highest BCUT2D eigenvalue weighted by atomic mass is 16.5. The summed E-state index contributed by atoms with van der Waals surface area (Å²) in [5.41, 5.74) is 1.22. The number of ether oxygens (including phenoxy) is 1. The van der Waals surface area contributed by atoms with E-state index in [2.05, 4.69) is 34.6 Å². The van der Waals surface area contributed by atoms with Crippen LogP contribution in [0, 0.1) is 16.2 Å². The lowest BCUT2D eigenvalue weighted by Crippen LogP contribution is -2.57. The van der Waals surface area contributed by atoms with Gasteiger partial charge in [0.15, 0.2) is 0 Å². The van der Waals surface area contributed by atoms with Crippen LogP contribution in [0.3, 0.4) is 0 Å². The third kappa shape index (κ3) is 2.13. The molecule has 1 heteroatoms. The van der Waals surface area contributed by atoms with Crippen LogP contribution in [0.25, 0.3) is 0 Å². The Morgan fingerprint density at radius 3 is 2.06 bits per heavy atom. The van der Waals surface area contributed by atoms with Crippen molar-refractivity contribution in [1.82, 2.24) is 0 Å². The van der Waals surface area contributed by atoms with Gasteiger partial charge in [-0.1, -0.05) is 47.0 Å². The Balaban J connectivity index is 2.30. The van der Waals surface area contributed by atoms with Crippen molar-refractivity contribution in [3.63, 3.8) is 0 Å². The third-order valence-corrected chi connectivity index (χ3v) is 6.12. The third-order valence-electron chi connectivity index (χ3n) is 6.12. The second-order valence-corrected chi connectivity index (χ2v) is 7.89. The fraction of sp³-hybridized carbons (Fsp3) is 1.00. The molecule has 1 spiro atoms. The van der Waals surface area contributed by atoms with E-state index in [0.717, 1.165) is 6.61 Å². The van der Waals surface area contributed by atoms with Gasteiger partial charge >= 0.3 is 0 Å². The van der Waals surface area contributed by atoms with Crippen LogP contribution in [-0.4, -0.2) is 12.7 Å². The lowest BCUT2D eigenvalue weighted by atomic mass is 9.47. The van der Waals surface area contributed by atoms with Gasteiger partial charge in [0, 0.05) is 6.61 Å². The molecule has 1 nitrogen and oxygen atoms in total. The molecule has 0 N–H and O–H groups in total. The normalized spacial score (nSPS) is 33.5. The van der Waals surface area contributed by atoms with Gasteiger partial charge in [-0.3, -0.25) is 0 Å². The van der Waals surface area contributed by atoms with Crippen molar-refractivity contribution in [3.05, 3.63) is 0 Å². The van der Waals surface area contributed by atoms with Gasteiger partial charge in [0.2, 0.25) is 0 Å². The summed E-state index contributed by atoms with van der Waals surface area (Å²) in [6.45, 7) is 12.8. The fourth-order valence-electron chi connectivity index (χ4n) is 4.99. The maximum Gasteiger partial charge on any atom is 0.0681 e. The molecule has 106 valence electrons. The Morgan fingerprint density at radius 2 is 1.50 bits per heavy atom. The van der Waals surface area contributed by atoms with Gasteiger partial charge in [-0.2, -0.15) is 0 Å². The second-order valence-electron chi connectivity index (χ2n) is 7.89. The zero-order valence-electron chi connectivity index (χ0n) is 13.1. The van der Waals surface area contributed by atoms with Crippen LogP contribution in [-0.2, 0) is 4.74 Å². The van der Waals surface area contributed by atoms with Crippen LogP contribution in [0.15, 0.2) is 0 Å². The Bertz CT molecular complexity index is 284. The molecule has 0 aromatic carbocycles. The van der Waals surface area contributed by atoms with Crippen molar-refractivity contribution in [1.29, 1.82) is 0 Å². The van der Waals surface area contributed by atoms with Crippen molar-refractivity contribution in [2.45, 2.75) is 85.7 Å². The standard InChI is InChI=1S/C17H32O/c1-6-18-14-15(2,3)12-13-17(16(14,4)5)10-8-7-9-11-17/h14H,6-13H2,1-5H3. The van der Waals surface area contributed by atoms with E-state index in [0.29, 0.717) is 22.3 Å². The van der Waals surface area contributed by atoms with Crippen LogP contribution in [0.2, 0.25) is 0 Å². The number of rotatable bonds is 2. The van der Waals surface area contributed by atoms with Crippen molar-refractivity contribution < 1.29 is 4.74 Å². The molecule has 0 bridgehead atoms. The van der Waals surface area contributed by atoms with E-state index in [1.54, 1.807) is 0 Å². The molecule has 2 saturated carbocycles. The van der Waals surface area contributed by atoms with Gasteiger partial charge in [0.05, 0.1) is 6.10 Å². The van der Waals surface area contributed by atoms with Gasteiger partial charge in [0.1, 0.15) is 0 Å². The molecule has 0 amide bonds. The topological polar surface area (TPSA) is 9.23 Å². The first-order chi connectivity index (χ1) is 8.36. The summed E-state index contributed by atoms with van der Waals surface area (Å²) in [5, 5.41) is 0. The molecule has 0 aliphatic heterocycles. The molecule has 1 atom stereocenters. The van der Waals surface area contributed by atoms with E-state index in [9.17, 15) is 0 Å². The van der Waals surface area contributed by atoms with E-state index in [4.69, 9.17) is 4.74 Å². The molecule has 0 radical (unpaired) electrons. The molecule has 0 saturated heterocycles. The van der Waals surface area contributed by atoms with Crippen LogP contribution in [0.4, 0.5) is 0 Å². The maximum absolute atomic E-state index is 6.24. The molecule has 18 heavy (non-hydrogen) atoms. The predicted octanol–water partition coefficient (Wildman–Crippen LogP) is 5.19. The minimum Gasteiger partial charge on any atom is -0.377 e. The lowest BCUT2D eigenvalue weighted by Gasteiger charge is -2.61. The minimum absolute atomic E-state index is 0.325. The Morgan fingerprint density at radius 1 is 0.889 bits per heavy atom. The average Bonchev–Trinajstić information content (AvgIpc) is 2.33. The SMILES string of the molecule is CCOC1C(C)(C)CCC2(CCCCC2)C1(C)C. The first-order valence-corrected chi connectivity index (χ1v) is 7.97. The van der Waals surface area contributed by atoms with E-state index in [1.165, 1.54) is 44.9 Å². The van der Waals surface area contributed by atoms with E-state index >= 15 is 0 Å². The minimum atomic E-state index is 0.325. The van der Waals surface area contributed by atoms with Crippen molar-refractivity contribution >= 4 is 0 Å². The highest BCUT2D eigenvalue weighted by Crippen LogP contribution is 2.62. The Labute approximate surface area is 114 Å². The maximum atomic E-state index is 6.24. The summed E-state index contributed by atoms with van der Waals surface area (Å²) in [6, 6.07) is 0. The van der Waals surface area contributed by atoms with Crippen molar-refractivity contribution in [3.8, 4) is 0 Å².